The van der Waals surface area contributed by atoms with Gasteiger partial charge in [-0.25, -0.2) is 19.3 Å². The van der Waals surface area contributed by atoms with E-state index in [-0.39, 0.29) is 17.2 Å². The van der Waals surface area contributed by atoms with Crippen LogP contribution in [-0.2, 0) is 35.8 Å². The Labute approximate surface area is 416 Å². The number of hydrogen-bond donors (Lipinski definition) is 2. The van der Waals surface area contributed by atoms with Crippen LogP contribution in [0.5, 0.6) is 0 Å². The molecule has 3 amide bonds. The van der Waals surface area contributed by atoms with Crippen molar-refractivity contribution in [3.63, 3.8) is 0 Å². The molecule has 69 heavy (non-hydrogen) atoms. The molecule has 1 saturated heterocycles. The smallest absolute Gasteiger partial charge is 0.413 e. The molecular weight excluding hydrogens is 947 g/mol. The summed E-state index contributed by atoms with van der Waals surface area (Å²) in [7, 11) is 0. The van der Waals surface area contributed by atoms with Crippen LogP contribution in [0.25, 0.3) is 0 Å². The van der Waals surface area contributed by atoms with Crippen LogP contribution in [0, 0.1) is 0 Å². The topological polar surface area (TPSA) is 158 Å². The minimum atomic E-state index is -0.891. The van der Waals surface area contributed by atoms with E-state index in [9.17, 15) is 19.2 Å². The average molecular weight is 994 g/mol. The molecule has 4 heterocycles. The number of anilines is 1. The first-order valence-corrected chi connectivity index (χ1v) is 26.0. The molecule has 0 radical (unpaired) electrons. The molecule has 0 unspecified atom stereocenters. The van der Waals surface area contributed by atoms with Gasteiger partial charge in [-0.1, -0.05) is 169 Å². The number of aromatic nitrogens is 4. The Morgan fingerprint density at radius 3 is 1.88 bits per heavy atom. The van der Waals surface area contributed by atoms with Crippen molar-refractivity contribution in [3.8, 4) is 0 Å². The van der Waals surface area contributed by atoms with E-state index in [4.69, 9.17) is 14.7 Å². The fourth-order valence-electron chi connectivity index (χ4n) is 8.24. The lowest BCUT2D eigenvalue weighted by atomic mass is 9.77. The molecule has 2 N–H and O–H groups in total. The third-order valence-electron chi connectivity index (χ3n) is 11.2. The minimum Gasteiger partial charge on any atom is -0.448 e. The molecular formula is C52H47N7O6S4. The number of carbonyl (C=O) groups is 4. The van der Waals surface area contributed by atoms with Gasteiger partial charge < -0.3 is 14.8 Å². The number of thiazole rings is 1. The normalized spacial score (nSPS) is 15.8. The number of ether oxygens (including phenoxy) is 2. The van der Waals surface area contributed by atoms with E-state index in [2.05, 4.69) is 57.1 Å². The van der Waals surface area contributed by atoms with Gasteiger partial charge in [0.05, 0.1) is 23.4 Å². The number of amides is 3. The molecule has 2 atom stereocenters. The number of nitrogens with zero attached hydrogens (tertiary/aromatic N) is 5. The Morgan fingerprint density at radius 1 is 0.783 bits per heavy atom. The lowest BCUT2D eigenvalue weighted by molar-refractivity contribution is -0.154. The maximum absolute atomic E-state index is 14.7. The average Bonchev–Trinajstić information content (AvgIpc) is 4.02. The highest BCUT2D eigenvalue weighted by molar-refractivity contribution is 8.18. The lowest BCUT2D eigenvalue weighted by Crippen LogP contribution is -2.70. The zero-order valence-electron chi connectivity index (χ0n) is 37.8. The molecule has 2 aliphatic rings. The first-order valence-electron chi connectivity index (χ1n) is 22.1. The van der Waals surface area contributed by atoms with Crippen molar-refractivity contribution < 1.29 is 28.7 Å². The lowest BCUT2D eigenvalue weighted by Gasteiger charge is -2.49. The van der Waals surface area contributed by atoms with E-state index in [1.54, 1.807) is 26.2 Å². The molecule has 9 rings (SSSR count). The van der Waals surface area contributed by atoms with E-state index in [1.165, 1.54) is 40.2 Å². The maximum Gasteiger partial charge on any atom is 0.413 e. The van der Waals surface area contributed by atoms with E-state index >= 15 is 0 Å². The van der Waals surface area contributed by atoms with Crippen molar-refractivity contribution in [3.05, 3.63) is 207 Å². The van der Waals surface area contributed by atoms with Gasteiger partial charge in [-0.2, -0.15) is 0 Å². The fraction of sp³-hybridized carbons (Fsp3) is 0.212. The zero-order valence-corrected chi connectivity index (χ0v) is 41.0. The molecule has 17 heteroatoms. The SMILES string of the molecule is CC(C)(C)OC(=O)Nc1nc(CC(=O)N[C@@H]2C(=O)N3C(C(=O)OC(c4ccccc4)c4ccccc4)=C(SCSc4cn(C(c5ccccc5)(c5ccccc5)c5ccccc5)nn4)CS[C@H]23)cs1. The summed E-state index contributed by atoms with van der Waals surface area (Å²) >= 11 is 5.53. The second kappa shape index (κ2) is 20.9. The Kier molecular flexibility index (Phi) is 14.4. The molecule has 1 fully saturated rings. The zero-order chi connectivity index (χ0) is 48.0. The standard InChI is InChI=1S/C52H47N7O6S4/c1-51(2,3)65-50(63)55-49-53-39(31-67-49)29-41(60)54-43-46(61)59-44(48(62)64-45(34-19-9-4-10-20-34)35-21-11-5-12-22-35)40(32-66-47(43)59)68-33-69-42-30-58(57-56-42)52(36-23-13-6-14-24-36,37-25-15-7-16-26-37)38-27-17-8-18-28-38/h4-28,30-31,43,45,47H,29,32-33H2,1-3H3,(H,54,60)(H,53,55,63)/t43-,47-/m1/s1. The Morgan fingerprint density at radius 2 is 1.33 bits per heavy atom. The van der Waals surface area contributed by atoms with Gasteiger partial charge in [-0.3, -0.25) is 19.8 Å². The predicted octanol–water partition coefficient (Wildman–Crippen LogP) is 9.89. The predicted molar refractivity (Wildman–Crippen MR) is 271 cm³/mol. The fourth-order valence-corrected chi connectivity index (χ4v) is 12.5. The van der Waals surface area contributed by atoms with Crippen molar-refractivity contribution in [2.45, 2.75) is 60.9 Å². The highest BCUT2D eigenvalue weighted by atomic mass is 32.2. The largest absolute Gasteiger partial charge is 0.448 e. The van der Waals surface area contributed by atoms with Gasteiger partial charge in [0.1, 0.15) is 33.3 Å². The highest BCUT2D eigenvalue weighted by Gasteiger charge is 2.55. The summed E-state index contributed by atoms with van der Waals surface area (Å²) in [6.07, 6.45) is 0.420. The molecule has 7 aromatic rings. The van der Waals surface area contributed by atoms with Crippen molar-refractivity contribution in [1.82, 2.24) is 30.2 Å². The molecule has 0 saturated carbocycles. The quantitative estimate of drug-likeness (QED) is 0.0311. The summed E-state index contributed by atoms with van der Waals surface area (Å²) in [6, 6.07) is 48.8. The molecule has 0 aliphatic carbocycles. The molecule has 2 aromatic heterocycles. The maximum atomic E-state index is 14.7. The van der Waals surface area contributed by atoms with Crippen LogP contribution in [0.4, 0.5) is 9.93 Å². The van der Waals surface area contributed by atoms with Crippen molar-refractivity contribution in [2.24, 2.45) is 0 Å². The Balaban J connectivity index is 0.963. The Bertz CT molecular complexity index is 2810. The van der Waals surface area contributed by atoms with Crippen LogP contribution >= 0.6 is 46.6 Å². The van der Waals surface area contributed by atoms with E-state index in [1.807, 2.05) is 126 Å². The van der Waals surface area contributed by atoms with Gasteiger partial charge >= 0.3 is 12.1 Å². The number of β-lactam (4-membered cyclic amide) rings is 1. The van der Waals surface area contributed by atoms with Crippen LogP contribution < -0.4 is 10.6 Å². The molecule has 13 nitrogen and oxygen atoms in total. The summed E-state index contributed by atoms with van der Waals surface area (Å²) < 4.78 is 13.6. The summed E-state index contributed by atoms with van der Waals surface area (Å²) in [5.74, 6) is -1.12. The second-order valence-electron chi connectivity index (χ2n) is 17.0. The molecule has 0 spiro atoms. The van der Waals surface area contributed by atoms with Gasteiger partial charge in [0.25, 0.3) is 5.91 Å². The third kappa shape index (κ3) is 10.5. The number of benzene rings is 5. The number of thioether (sulfide) groups is 3. The van der Waals surface area contributed by atoms with E-state index < -0.39 is 52.5 Å². The second-order valence-corrected chi connectivity index (χ2v) is 21.4. The minimum absolute atomic E-state index is 0.125. The molecule has 2 aliphatic heterocycles. The summed E-state index contributed by atoms with van der Waals surface area (Å²) in [4.78, 5) is 61.1. The first kappa shape index (κ1) is 47.4. The van der Waals surface area contributed by atoms with Crippen molar-refractivity contribution in [2.75, 3.05) is 16.2 Å². The molecule has 5 aromatic carbocycles. The number of carbonyl (C=O) groups excluding carboxylic acids is 4. The van der Waals surface area contributed by atoms with Gasteiger partial charge in [0, 0.05) is 16.0 Å². The molecule has 0 bridgehead atoms. The van der Waals surface area contributed by atoms with Crippen LogP contribution in [0.2, 0.25) is 0 Å². The number of rotatable bonds is 16. The third-order valence-corrected chi connectivity index (χ3v) is 15.6. The van der Waals surface area contributed by atoms with Crippen LogP contribution in [0.15, 0.2) is 179 Å². The van der Waals surface area contributed by atoms with Crippen LogP contribution in [-0.4, -0.2) is 76.6 Å². The van der Waals surface area contributed by atoms with Crippen LogP contribution in [0.1, 0.15) is 60.4 Å². The Hall–Kier alpha value is -6.66. The van der Waals surface area contributed by atoms with Gasteiger partial charge in [0.2, 0.25) is 5.91 Å². The number of nitrogens with one attached hydrogen (secondary N) is 2. The number of esters is 1. The van der Waals surface area contributed by atoms with Crippen molar-refractivity contribution in [1.29, 1.82) is 0 Å². The van der Waals surface area contributed by atoms with Crippen molar-refractivity contribution >= 4 is 75.6 Å². The number of hydrogen-bond acceptors (Lipinski definition) is 13. The summed E-state index contributed by atoms with van der Waals surface area (Å²) in [5, 5.41) is 17.4. The number of fused-ring (bicyclic) bond motifs is 1. The van der Waals surface area contributed by atoms with Gasteiger partial charge in [-0.15, -0.1) is 40.0 Å². The molecule has 350 valence electrons. The van der Waals surface area contributed by atoms with E-state index in [0.29, 0.717) is 26.5 Å². The first-order chi connectivity index (χ1) is 33.5. The summed E-state index contributed by atoms with van der Waals surface area (Å²) in [5.41, 5.74) is 3.64. The van der Waals surface area contributed by atoms with Gasteiger partial charge in [-0.05, 0) is 48.6 Å². The van der Waals surface area contributed by atoms with Gasteiger partial charge in [0.15, 0.2) is 11.2 Å². The highest BCUT2D eigenvalue weighted by Crippen LogP contribution is 2.46. The monoisotopic (exact) mass is 993 g/mol. The van der Waals surface area contributed by atoms with E-state index in [0.717, 1.165) is 39.2 Å². The van der Waals surface area contributed by atoms with Crippen LogP contribution in [0.3, 0.4) is 0 Å². The summed E-state index contributed by atoms with van der Waals surface area (Å²) in [6.45, 7) is 5.28.